The summed E-state index contributed by atoms with van der Waals surface area (Å²) in [5.74, 6) is -0.659. The summed E-state index contributed by atoms with van der Waals surface area (Å²) in [6, 6.07) is 3.81. The standard InChI is InChI=1S/C16H21NO2/c1-10-8-13(9-11(2)12(10)3)15(18)14-6-4-5-7-17-16(14)19/h8-9,14H,4-7H2,1-3H3,(H,17,19). The summed E-state index contributed by atoms with van der Waals surface area (Å²) < 4.78 is 0. The van der Waals surface area contributed by atoms with Gasteiger partial charge in [-0.1, -0.05) is 6.42 Å². The Hall–Kier alpha value is -1.64. The molecule has 1 saturated heterocycles. The van der Waals surface area contributed by atoms with Gasteiger partial charge in [0.25, 0.3) is 0 Å². The van der Waals surface area contributed by atoms with E-state index in [1.54, 1.807) is 0 Å². The van der Waals surface area contributed by atoms with Gasteiger partial charge in [0.1, 0.15) is 5.92 Å². The van der Waals surface area contributed by atoms with E-state index >= 15 is 0 Å². The highest BCUT2D eigenvalue weighted by atomic mass is 16.2. The second-order valence-corrected chi connectivity index (χ2v) is 5.44. The van der Waals surface area contributed by atoms with E-state index in [9.17, 15) is 9.59 Å². The van der Waals surface area contributed by atoms with Crippen molar-refractivity contribution in [3.63, 3.8) is 0 Å². The second-order valence-electron chi connectivity index (χ2n) is 5.44. The van der Waals surface area contributed by atoms with Gasteiger partial charge in [0, 0.05) is 12.1 Å². The smallest absolute Gasteiger partial charge is 0.230 e. The zero-order valence-corrected chi connectivity index (χ0v) is 11.9. The molecule has 1 N–H and O–H groups in total. The molecule has 0 radical (unpaired) electrons. The van der Waals surface area contributed by atoms with Crippen LogP contribution in [0.5, 0.6) is 0 Å². The van der Waals surface area contributed by atoms with Crippen LogP contribution in [-0.4, -0.2) is 18.2 Å². The number of ketones is 1. The largest absolute Gasteiger partial charge is 0.355 e. The lowest BCUT2D eigenvalue weighted by Crippen LogP contribution is -2.33. The molecule has 0 aliphatic carbocycles. The number of Topliss-reactive ketones (excluding diaryl/α,β-unsaturated/α-hetero) is 1. The van der Waals surface area contributed by atoms with Crippen molar-refractivity contribution in [2.45, 2.75) is 40.0 Å². The molecule has 0 spiro atoms. The van der Waals surface area contributed by atoms with Crippen LogP contribution in [-0.2, 0) is 4.79 Å². The molecule has 102 valence electrons. The van der Waals surface area contributed by atoms with E-state index in [0.717, 1.165) is 24.0 Å². The van der Waals surface area contributed by atoms with Crippen LogP contribution in [0.4, 0.5) is 0 Å². The second kappa shape index (κ2) is 5.55. The first kappa shape index (κ1) is 13.8. The van der Waals surface area contributed by atoms with Crippen LogP contribution in [0.2, 0.25) is 0 Å². The van der Waals surface area contributed by atoms with Crippen molar-refractivity contribution in [2.24, 2.45) is 5.92 Å². The molecule has 1 heterocycles. The molecule has 1 aliphatic heterocycles. The van der Waals surface area contributed by atoms with E-state index in [1.807, 2.05) is 26.0 Å². The lowest BCUT2D eigenvalue weighted by atomic mass is 9.90. The maximum Gasteiger partial charge on any atom is 0.230 e. The fourth-order valence-electron chi connectivity index (χ4n) is 2.57. The molecule has 3 heteroatoms. The number of carbonyl (C=O) groups is 2. The van der Waals surface area contributed by atoms with Crippen LogP contribution in [0.1, 0.15) is 46.3 Å². The van der Waals surface area contributed by atoms with Crippen LogP contribution < -0.4 is 5.32 Å². The number of rotatable bonds is 2. The van der Waals surface area contributed by atoms with Crippen molar-refractivity contribution in [1.29, 1.82) is 0 Å². The molecule has 1 fully saturated rings. The summed E-state index contributed by atoms with van der Waals surface area (Å²) in [6.45, 7) is 6.75. The van der Waals surface area contributed by atoms with E-state index < -0.39 is 5.92 Å². The molecule has 0 saturated carbocycles. The molecule has 1 aliphatic rings. The molecule has 1 unspecified atom stereocenters. The summed E-state index contributed by atoms with van der Waals surface area (Å²) in [5.41, 5.74) is 4.10. The number of nitrogens with one attached hydrogen (secondary N) is 1. The van der Waals surface area contributed by atoms with Gasteiger partial charge in [-0.25, -0.2) is 0 Å². The monoisotopic (exact) mass is 259 g/mol. The molecule has 2 rings (SSSR count). The predicted octanol–water partition coefficient (Wildman–Crippen LogP) is 2.71. The first-order valence-electron chi connectivity index (χ1n) is 6.90. The minimum absolute atomic E-state index is 0.0365. The van der Waals surface area contributed by atoms with Crippen LogP contribution in [0.25, 0.3) is 0 Å². The Balaban J connectivity index is 2.30. The number of hydrogen-bond acceptors (Lipinski definition) is 2. The molecule has 3 nitrogen and oxygen atoms in total. The van der Waals surface area contributed by atoms with Crippen LogP contribution >= 0.6 is 0 Å². The molecule has 19 heavy (non-hydrogen) atoms. The zero-order chi connectivity index (χ0) is 14.0. The lowest BCUT2D eigenvalue weighted by molar-refractivity contribution is -0.123. The Labute approximate surface area is 114 Å². The molecule has 1 amide bonds. The van der Waals surface area contributed by atoms with E-state index in [2.05, 4.69) is 12.2 Å². The maximum atomic E-state index is 12.5. The van der Waals surface area contributed by atoms with E-state index in [4.69, 9.17) is 0 Å². The van der Waals surface area contributed by atoms with Crippen LogP contribution in [0.15, 0.2) is 12.1 Å². The van der Waals surface area contributed by atoms with Gasteiger partial charge in [-0.05, 0) is 62.4 Å². The van der Waals surface area contributed by atoms with Crippen molar-refractivity contribution in [3.8, 4) is 0 Å². The first-order valence-corrected chi connectivity index (χ1v) is 6.90. The molecular weight excluding hydrogens is 238 g/mol. The minimum atomic E-state index is -0.510. The number of benzene rings is 1. The van der Waals surface area contributed by atoms with Gasteiger partial charge >= 0.3 is 0 Å². The minimum Gasteiger partial charge on any atom is -0.355 e. The average Bonchev–Trinajstić information content (AvgIpc) is 2.59. The summed E-state index contributed by atoms with van der Waals surface area (Å²) in [6.07, 6.45) is 2.55. The van der Waals surface area contributed by atoms with Crippen molar-refractivity contribution in [1.82, 2.24) is 5.32 Å². The molecule has 0 bridgehead atoms. The topological polar surface area (TPSA) is 46.2 Å². The Bertz CT molecular complexity index is 496. The third-order valence-electron chi connectivity index (χ3n) is 4.06. The van der Waals surface area contributed by atoms with Gasteiger partial charge in [-0.3, -0.25) is 9.59 Å². The number of carbonyl (C=O) groups excluding carboxylic acids is 2. The Morgan fingerprint density at radius 3 is 2.42 bits per heavy atom. The van der Waals surface area contributed by atoms with Gasteiger partial charge < -0.3 is 5.32 Å². The van der Waals surface area contributed by atoms with Gasteiger partial charge in [0.2, 0.25) is 5.91 Å². The number of aryl methyl sites for hydroxylation is 2. The highest BCUT2D eigenvalue weighted by Gasteiger charge is 2.28. The van der Waals surface area contributed by atoms with Crippen LogP contribution in [0.3, 0.4) is 0 Å². The summed E-state index contributed by atoms with van der Waals surface area (Å²) in [5, 5.41) is 2.83. The van der Waals surface area contributed by atoms with Crippen molar-refractivity contribution in [2.75, 3.05) is 6.54 Å². The van der Waals surface area contributed by atoms with Crippen molar-refractivity contribution in [3.05, 3.63) is 34.4 Å². The maximum absolute atomic E-state index is 12.5. The first-order chi connectivity index (χ1) is 9.00. The summed E-state index contributed by atoms with van der Waals surface area (Å²) in [4.78, 5) is 24.5. The SMILES string of the molecule is Cc1cc(C(=O)C2CCCCNC2=O)cc(C)c1C. The number of amides is 1. The van der Waals surface area contributed by atoms with Gasteiger partial charge in [-0.15, -0.1) is 0 Å². The van der Waals surface area contributed by atoms with Crippen molar-refractivity contribution < 1.29 is 9.59 Å². The molecule has 0 aromatic heterocycles. The Kier molecular flexibility index (Phi) is 4.03. The zero-order valence-electron chi connectivity index (χ0n) is 11.9. The fraction of sp³-hybridized carbons (Fsp3) is 0.500. The summed E-state index contributed by atoms with van der Waals surface area (Å²) in [7, 11) is 0. The van der Waals surface area contributed by atoms with Gasteiger partial charge in [0.15, 0.2) is 5.78 Å². The fourth-order valence-corrected chi connectivity index (χ4v) is 2.57. The third kappa shape index (κ3) is 2.86. The average molecular weight is 259 g/mol. The molecule has 1 aromatic rings. The van der Waals surface area contributed by atoms with Gasteiger partial charge in [-0.2, -0.15) is 0 Å². The molecular formula is C16H21NO2. The molecule has 1 atom stereocenters. The van der Waals surface area contributed by atoms with E-state index in [-0.39, 0.29) is 11.7 Å². The van der Waals surface area contributed by atoms with Gasteiger partial charge in [0.05, 0.1) is 0 Å². The van der Waals surface area contributed by atoms with Crippen LogP contribution in [0, 0.1) is 26.7 Å². The van der Waals surface area contributed by atoms with E-state index in [0.29, 0.717) is 18.5 Å². The highest BCUT2D eigenvalue weighted by molar-refractivity contribution is 6.10. The predicted molar refractivity (Wildman–Crippen MR) is 75.3 cm³/mol. The highest BCUT2D eigenvalue weighted by Crippen LogP contribution is 2.22. The normalized spacial score (nSPS) is 19.7. The lowest BCUT2D eigenvalue weighted by Gasteiger charge is -2.14. The number of hydrogen-bond donors (Lipinski definition) is 1. The third-order valence-corrected chi connectivity index (χ3v) is 4.06. The van der Waals surface area contributed by atoms with Crippen molar-refractivity contribution >= 4 is 11.7 Å². The quantitative estimate of drug-likeness (QED) is 0.655. The molecule has 1 aromatic carbocycles. The Morgan fingerprint density at radius 2 is 1.79 bits per heavy atom. The Morgan fingerprint density at radius 1 is 1.16 bits per heavy atom. The van der Waals surface area contributed by atoms with E-state index in [1.165, 1.54) is 5.56 Å². The summed E-state index contributed by atoms with van der Waals surface area (Å²) >= 11 is 0.